The van der Waals surface area contributed by atoms with Gasteiger partial charge in [0.1, 0.15) is 5.76 Å². The van der Waals surface area contributed by atoms with Crippen molar-refractivity contribution in [2.45, 2.75) is 25.9 Å². The Hall–Kier alpha value is -2.21. The maximum atomic E-state index is 12.3. The van der Waals surface area contributed by atoms with Crippen LogP contribution in [-0.2, 0) is 17.6 Å². The second-order valence-corrected chi connectivity index (χ2v) is 5.76. The van der Waals surface area contributed by atoms with Gasteiger partial charge in [0.25, 0.3) is 0 Å². The number of nitrogens with zero attached hydrogens (tertiary/aromatic N) is 3. The Morgan fingerprint density at radius 1 is 1.45 bits per heavy atom. The molecule has 0 aliphatic carbocycles. The summed E-state index contributed by atoms with van der Waals surface area (Å²) in [4.78, 5) is 18.2. The Morgan fingerprint density at radius 2 is 2.32 bits per heavy atom. The number of carbonyl (C=O) groups excluding carboxylic acids is 1. The first-order valence-corrected chi connectivity index (χ1v) is 7.40. The third-order valence-corrected chi connectivity index (χ3v) is 3.96. The van der Waals surface area contributed by atoms with E-state index in [9.17, 15) is 9.90 Å². The minimum absolute atomic E-state index is 0.0234. The van der Waals surface area contributed by atoms with Crippen molar-refractivity contribution in [3.05, 3.63) is 47.6 Å². The van der Waals surface area contributed by atoms with Crippen LogP contribution in [0.1, 0.15) is 17.1 Å². The molecule has 2 aromatic rings. The SMILES string of the molecule is Cc1cc(CC(=O)N2C[C@@H](Cc3ccccn3)[C@H](O)C2)on1. The number of pyridine rings is 1. The maximum Gasteiger partial charge on any atom is 0.230 e. The van der Waals surface area contributed by atoms with Gasteiger partial charge < -0.3 is 14.5 Å². The van der Waals surface area contributed by atoms with Gasteiger partial charge in [-0.3, -0.25) is 9.78 Å². The van der Waals surface area contributed by atoms with E-state index in [1.54, 1.807) is 17.2 Å². The lowest BCUT2D eigenvalue weighted by atomic mass is 10.00. The number of carbonyl (C=O) groups is 1. The average Bonchev–Trinajstić information content (AvgIpc) is 3.07. The molecular weight excluding hydrogens is 282 g/mol. The standard InChI is InChI=1S/C16H19N3O3/c1-11-6-14(22-18-11)8-16(21)19-9-12(15(20)10-19)7-13-4-2-3-5-17-13/h2-6,12,15,20H,7-10H2,1H3/t12-,15-/m1/s1. The summed E-state index contributed by atoms with van der Waals surface area (Å²) < 4.78 is 5.07. The lowest BCUT2D eigenvalue weighted by molar-refractivity contribution is -0.130. The fourth-order valence-electron chi connectivity index (χ4n) is 2.81. The van der Waals surface area contributed by atoms with E-state index >= 15 is 0 Å². The molecule has 6 nitrogen and oxygen atoms in total. The van der Waals surface area contributed by atoms with E-state index in [0.717, 1.165) is 11.4 Å². The molecule has 116 valence electrons. The molecule has 22 heavy (non-hydrogen) atoms. The van der Waals surface area contributed by atoms with Crippen molar-refractivity contribution in [3.63, 3.8) is 0 Å². The Kier molecular flexibility index (Phi) is 4.20. The second-order valence-electron chi connectivity index (χ2n) is 5.76. The summed E-state index contributed by atoms with van der Waals surface area (Å²) in [5.74, 6) is 0.541. The minimum Gasteiger partial charge on any atom is -0.391 e. The van der Waals surface area contributed by atoms with Crippen LogP contribution >= 0.6 is 0 Å². The van der Waals surface area contributed by atoms with Crippen LogP contribution < -0.4 is 0 Å². The number of hydrogen-bond acceptors (Lipinski definition) is 5. The fourth-order valence-corrected chi connectivity index (χ4v) is 2.81. The molecule has 2 aromatic heterocycles. The van der Waals surface area contributed by atoms with Gasteiger partial charge in [-0.25, -0.2) is 0 Å². The second kappa shape index (κ2) is 6.27. The predicted molar refractivity (Wildman–Crippen MR) is 79.0 cm³/mol. The van der Waals surface area contributed by atoms with E-state index in [-0.39, 0.29) is 18.2 Å². The molecular formula is C16H19N3O3. The van der Waals surface area contributed by atoms with Gasteiger partial charge in [0.2, 0.25) is 5.91 Å². The van der Waals surface area contributed by atoms with Crippen molar-refractivity contribution in [1.29, 1.82) is 0 Å². The van der Waals surface area contributed by atoms with Crippen LogP contribution in [0.2, 0.25) is 0 Å². The molecule has 3 rings (SSSR count). The number of aliphatic hydroxyl groups excluding tert-OH is 1. The molecule has 2 atom stereocenters. The summed E-state index contributed by atoms with van der Waals surface area (Å²) in [5.41, 5.74) is 1.70. The average molecular weight is 301 g/mol. The monoisotopic (exact) mass is 301 g/mol. The third kappa shape index (κ3) is 3.33. The van der Waals surface area contributed by atoms with E-state index in [1.165, 1.54) is 0 Å². The molecule has 1 aliphatic heterocycles. The van der Waals surface area contributed by atoms with Gasteiger partial charge in [-0.15, -0.1) is 0 Å². The Balaban J connectivity index is 1.59. The smallest absolute Gasteiger partial charge is 0.230 e. The molecule has 0 unspecified atom stereocenters. The highest BCUT2D eigenvalue weighted by Gasteiger charge is 2.34. The zero-order valence-corrected chi connectivity index (χ0v) is 12.5. The van der Waals surface area contributed by atoms with Gasteiger partial charge in [0.05, 0.1) is 18.2 Å². The number of aromatic nitrogens is 2. The Bertz CT molecular complexity index is 641. The molecule has 1 amide bonds. The molecule has 1 fully saturated rings. The number of amides is 1. The van der Waals surface area contributed by atoms with E-state index in [4.69, 9.17) is 4.52 Å². The first kappa shape index (κ1) is 14.7. The van der Waals surface area contributed by atoms with Gasteiger partial charge >= 0.3 is 0 Å². The number of rotatable bonds is 4. The minimum atomic E-state index is -0.512. The van der Waals surface area contributed by atoms with Crippen molar-refractivity contribution < 1.29 is 14.4 Å². The number of hydrogen-bond donors (Lipinski definition) is 1. The van der Waals surface area contributed by atoms with Crippen molar-refractivity contribution in [2.24, 2.45) is 5.92 Å². The normalized spacial score (nSPS) is 21.3. The number of likely N-dealkylation sites (tertiary alicyclic amines) is 1. The van der Waals surface area contributed by atoms with Crippen LogP contribution in [-0.4, -0.2) is 45.2 Å². The van der Waals surface area contributed by atoms with Gasteiger partial charge in [-0.05, 0) is 25.5 Å². The molecule has 6 heteroatoms. The predicted octanol–water partition coefficient (Wildman–Crippen LogP) is 0.983. The Labute approximate surface area is 128 Å². The molecule has 0 saturated carbocycles. The van der Waals surface area contributed by atoms with Crippen LogP contribution in [0.3, 0.4) is 0 Å². The first-order chi connectivity index (χ1) is 10.6. The summed E-state index contributed by atoms with van der Waals surface area (Å²) in [6.07, 6.45) is 2.09. The Morgan fingerprint density at radius 3 is 3.00 bits per heavy atom. The summed E-state index contributed by atoms with van der Waals surface area (Å²) >= 11 is 0. The highest BCUT2D eigenvalue weighted by molar-refractivity contribution is 5.78. The molecule has 1 saturated heterocycles. The van der Waals surface area contributed by atoms with Crippen molar-refractivity contribution in [2.75, 3.05) is 13.1 Å². The highest BCUT2D eigenvalue weighted by Crippen LogP contribution is 2.21. The fraction of sp³-hybridized carbons (Fsp3) is 0.438. The van der Waals surface area contributed by atoms with Crippen molar-refractivity contribution in [3.8, 4) is 0 Å². The summed E-state index contributed by atoms with van der Waals surface area (Å²) in [6, 6.07) is 7.49. The molecule has 0 spiro atoms. The maximum absolute atomic E-state index is 12.3. The van der Waals surface area contributed by atoms with Crippen LogP contribution in [0.5, 0.6) is 0 Å². The summed E-state index contributed by atoms with van der Waals surface area (Å²) in [5, 5.41) is 14.0. The lowest BCUT2D eigenvalue weighted by Gasteiger charge is -2.15. The number of aliphatic hydroxyl groups is 1. The zero-order valence-electron chi connectivity index (χ0n) is 12.5. The number of aryl methyl sites for hydroxylation is 1. The van der Waals surface area contributed by atoms with Gasteiger partial charge in [0, 0.05) is 37.0 Å². The zero-order chi connectivity index (χ0) is 15.5. The quantitative estimate of drug-likeness (QED) is 0.910. The molecule has 0 radical (unpaired) electrons. The first-order valence-electron chi connectivity index (χ1n) is 7.40. The van der Waals surface area contributed by atoms with Gasteiger partial charge in [-0.2, -0.15) is 0 Å². The van der Waals surface area contributed by atoms with Crippen LogP contribution in [0, 0.1) is 12.8 Å². The van der Waals surface area contributed by atoms with Crippen molar-refractivity contribution in [1.82, 2.24) is 15.0 Å². The summed E-state index contributed by atoms with van der Waals surface area (Å²) in [6.45, 7) is 2.73. The molecule has 0 bridgehead atoms. The van der Waals surface area contributed by atoms with E-state index < -0.39 is 6.10 Å². The van der Waals surface area contributed by atoms with E-state index in [0.29, 0.717) is 25.3 Å². The summed E-state index contributed by atoms with van der Waals surface area (Å²) in [7, 11) is 0. The topological polar surface area (TPSA) is 79.5 Å². The largest absolute Gasteiger partial charge is 0.391 e. The third-order valence-electron chi connectivity index (χ3n) is 3.96. The highest BCUT2D eigenvalue weighted by atomic mass is 16.5. The lowest BCUT2D eigenvalue weighted by Crippen LogP contribution is -2.30. The molecule has 1 aliphatic rings. The molecule has 0 aromatic carbocycles. The molecule has 1 N–H and O–H groups in total. The van der Waals surface area contributed by atoms with E-state index in [2.05, 4.69) is 10.1 Å². The van der Waals surface area contributed by atoms with Crippen LogP contribution in [0.4, 0.5) is 0 Å². The van der Waals surface area contributed by atoms with Crippen LogP contribution in [0.15, 0.2) is 35.0 Å². The van der Waals surface area contributed by atoms with Gasteiger partial charge in [-0.1, -0.05) is 11.2 Å². The van der Waals surface area contributed by atoms with Crippen LogP contribution in [0.25, 0.3) is 0 Å². The van der Waals surface area contributed by atoms with Crippen molar-refractivity contribution >= 4 is 5.91 Å². The van der Waals surface area contributed by atoms with E-state index in [1.807, 2.05) is 25.1 Å². The molecule has 3 heterocycles. The number of β-amino-alcohol motifs (C(OH)–C–C–N with tert-alkyl or cyclic N) is 1. The van der Waals surface area contributed by atoms with Gasteiger partial charge in [0.15, 0.2) is 0 Å².